The second-order valence-corrected chi connectivity index (χ2v) is 6.16. The molecule has 1 aliphatic heterocycles. The Morgan fingerprint density at radius 2 is 2.32 bits per heavy atom. The lowest BCUT2D eigenvalue weighted by atomic mass is 10.2. The van der Waals surface area contributed by atoms with Crippen molar-refractivity contribution in [1.29, 1.82) is 0 Å². The van der Waals surface area contributed by atoms with E-state index in [1.165, 1.54) is 6.07 Å². The number of nitrogens with one attached hydrogen (secondary N) is 1. The molecule has 0 aromatic carbocycles. The Kier molecular flexibility index (Phi) is 4.70. The molecule has 5 nitrogen and oxygen atoms in total. The minimum Gasteiger partial charge on any atom is -0.376 e. The first-order valence-electron chi connectivity index (χ1n) is 7.33. The number of carbonyl (C=O) groups is 1. The van der Waals surface area contributed by atoms with Crippen molar-refractivity contribution in [2.45, 2.75) is 25.5 Å². The zero-order chi connectivity index (χ0) is 15.4. The Bertz CT molecular complexity index is 675. The van der Waals surface area contributed by atoms with Crippen LogP contribution in [-0.4, -0.2) is 35.0 Å². The Labute approximate surface area is 132 Å². The predicted octanol–water partition coefficient (Wildman–Crippen LogP) is 2.26. The summed E-state index contributed by atoms with van der Waals surface area (Å²) in [6, 6.07) is 6.65. The molecule has 2 aromatic rings. The highest BCUT2D eigenvalue weighted by Crippen LogP contribution is 2.17. The van der Waals surface area contributed by atoms with Gasteiger partial charge in [-0.15, -0.1) is 0 Å². The third-order valence-electron chi connectivity index (χ3n) is 3.69. The summed E-state index contributed by atoms with van der Waals surface area (Å²) in [5, 5.41) is 4.03. The van der Waals surface area contributed by atoms with Gasteiger partial charge in [-0.05, 0) is 41.3 Å². The molecule has 1 atom stereocenters. The molecule has 22 heavy (non-hydrogen) atoms. The number of nitrogens with zero attached hydrogens (tertiary/aromatic N) is 1. The number of pyridine rings is 1. The summed E-state index contributed by atoms with van der Waals surface area (Å²) in [5.74, 6) is -0.167. The number of H-pyrrole nitrogens is 1. The van der Waals surface area contributed by atoms with E-state index in [0.29, 0.717) is 18.8 Å². The van der Waals surface area contributed by atoms with E-state index in [1.807, 2.05) is 16.8 Å². The molecule has 0 aliphatic carbocycles. The van der Waals surface area contributed by atoms with E-state index in [2.05, 4.69) is 4.98 Å². The minimum absolute atomic E-state index is 0.0815. The van der Waals surface area contributed by atoms with E-state index in [4.69, 9.17) is 4.74 Å². The Balaban J connectivity index is 1.79. The van der Waals surface area contributed by atoms with Crippen LogP contribution in [0, 0.1) is 0 Å². The van der Waals surface area contributed by atoms with Crippen LogP contribution in [0.2, 0.25) is 0 Å². The monoisotopic (exact) mass is 318 g/mol. The van der Waals surface area contributed by atoms with Gasteiger partial charge in [-0.25, -0.2) is 0 Å². The topological polar surface area (TPSA) is 62.4 Å². The normalized spacial score (nSPS) is 17.5. The molecule has 0 spiro atoms. The van der Waals surface area contributed by atoms with Crippen LogP contribution in [-0.2, 0) is 11.3 Å². The van der Waals surface area contributed by atoms with E-state index in [0.717, 1.165) is 25.0 Å². The summed E-state index contributed by atoms with van der Waals surface area (Å²) >= 11 is 1.61. The Hall–Kier alpha value is -1.92. The molecule has 0 bridgehead atoms. The number of carbonyl (C=O) groups excluding carboxylic acids is 1. The van der Waals surface area contributed by atoms with Gasteiger partial charge >= 0.3 is 0 Å². The lowest BCUT2D eigenvalue weighted by Gasteiger charge is -2.25. The lowest BCUT2D eigenvalue weighted by Crippen LogP contribution is -2.37. The van der Waals surface area contributed by atoms with Crippen LogP contribution >= 0.6 is 11.3 Å². The SMILES string of the molecule is O=C(c1cccc(=O)[nH]1)N(Cc1ccsc1)CC1CCCO1. The molecule has 1 amide bonds. The molecule has 1 aliphatic rings. The van der Waals surface area contributed by atoms with E-state index >= 15 is 0 Å². The zero-order valence-electron chi connectivity index (χ0n) is 12.2. The fourth-order valence-corrected chi connectivity index (χ4v) is 3.26. The van der Waals surface area contributed by atoms with Gasteiger partial charge in [-0.1, -0.05) is 6.07 Å². The van der Waals surface area contributed by atoms with Crippen LogP contribution in [0.4, 0.5) is 0 Å². The third-order valence-corrected chi connectivity index (χ3v) is 4.42. The van der Waals surface area contributed by atoms with Gasteiger partial charge in [-0.3, -0.25) is 9.59 Å². The molecule has 1 N–H and O–H groups in total. The van der Waals surface area contributed by atoms with Crippen LogP contribution < -0.4 is 5.56 Å². The molecule has 0 saturated carbocycles. The first-order chi connectivity index (χ1) is 10.7. The van der Waals surface area contributed by atoms with Gasteiger partial charge in [0.25, 0.3) is 5.91 Å². The van der Waals surface area contributed by atoms with Crippen LogP contribution in [0.3, 0.4) is 0 Å². The largest absolute Gasteiger partial charge is 0.376 e. The zero-order valence-corrected chi connectivity index (χ0v) is 13.0. The minimum atomic E-state index is -0.265. The summed E-state index contributed by atoms with van der Waals surface area (Å²) in [6.45, 7) is 1.83. The standard InChI is InChI=1S/C16H18N2O3S/c19-15-5-1-4-14(17-15)16(20)18(9-12-6-8-22-11-12)10-13-3-2-7-21-13/h1,4-6,8,11,13H,2-3,7,9-10H2,(H,17,19). The van der Waals surface area contributed by atoms with Crippen molar-refractivity contribution in [2.24, 2.45) is 0 Å². The summed E-state index contributed by atoms with van der Waals surface area (Å²) in [6.07, 6.45) is 2.09. The first kappa shape index (κ1) is 15.0. The highest BCUT2D eigenvalue weighted by molar-refractivity contribution is 7.07. The molecule has 1 unspecified atom stereocenters. The van der Waals surface area contributed by atoms with E-state index in [-0.39, 0.29) is 17.6 Å². The number of thiophene rings is 1. The number of hydrogen-bond donors (Lipinski definition) is 1. The molecule has 3 rings (SSSR count). The van der Waals surface area contributed by atoms with Gasteiger partial charge in [0.1, 0.15) is 5.69 Å². The number of ether oxygens (including phenoxy) is 1. The van der Waals surface area contributed by atoms with Gasteiger partial charge in [0.05, 0.1) is 6.10 Å². The van der Waals surface area contributed by atoms with Crippen molar-refractivity contribution in [1.82, 2.24) is 9.88 Å². The van der Waals surface area contributed by atoms with Crippen molar-refractivity contribution in [3.63, 3.8) is 0 Å². The van der Waals surface area contributed by atoms with Crippen LogP contribution in [0.5, 0.6) is 0 Å². The van der Waals surface area contributed by atoms with Gasteiger partial charge in [0, 0.05) is 25.8 Å². The Morgan fingerprint density at radius 1 is 1.41 bits per heavy atom. The number of rotatable bonds is 5. The van der Waals surface area contributed by atoms with Gasteiger partial charge in [-0.2, -0.15) is 11.3 Å². The smallest absolute Gasteiger partial charge is 0.270 e. The molecule has 0 radical (unpaired) electrons. The van der Waals surface area contributed by atoms with Gasteiger partial charge in [0.2, 0.25) is 5.56 Å². The van der Waals surface area contributed by atoms with Crippen LogP contribution in [0.25, 0.3) is 0 Å². The number of aromatic nitrogens is 1. The molecule has 1 saturated heterocycles. The molecule has 3 heterocycles. The fraction of sp³-hybridized carbons (Fsp3) is 0.375. The van der Waals surface area contributed by atoms with E-state index in [9.17, 15) is 9.59 Å². The second kappa shape index (κ2) is 6.89. The summed E-state index contributed by atoms with van der Waals surface area (Å²) < 4.78 is 5.65. The maximum Gasteiger partial charge on any atom is 0.270 e. The number of aromatic amines is 1. The summed E-state index contributed by atoms with van der Waals surface area (Å²) in [5.41, 5.74) is 1.15. The Morgan fingerprint density at radius 3 is 3.00 bits per heavy atom. The number of amides is 1. The molecular formula is C16H18N2O3S. The van der Waals surface area contributed by atoms with Crippen molar-refractivity contribution in [3.05, 3.63) is 56.6 Å². The van der Waals surface area contributed by atoms with Crippen LogP contribution in [0.1, 0.15) is 28.9 Å². The first-order valence-corrected chi connectivity index (χ1v) is 8.28. The maximum absolute atomic E-state index is 12.7. The van der Waals surface area contributed by atoms with Crippen molar-refractivity contribution >= 4 is 17.2 Å². The number of hydrogen-bond acceptors (Lipinski definition) is 4. The maximum atomic E-state index is 12.7. The fourth-order valence-electron chi connectivity index (χ4n) is 2.60. The second-order valence-electron chi connectivity index (χ2n) is 5.38. The predicted molar refractivity (Wildman–Crippen MR) is 85.1 cm³/mol. The van der Waals surface area contributed by atoms with Crippen molar-refractivity contribution in [2.75, 3.05) is 13.2 Å². The highest BCUT2D eigenvalue weighted by Gasteiger charge is 2.24. The van der Waals surface area contributed by atoms with Crippen molar-refractivity contribution in [3.8, 4) is 0 Å². The van der Waals surface area contributed by atoms with Crippen molar-refractivity contribution < 1.29 is 9.53 Å². The third kappa shape index (κ3) is 3.64. The average molecular weight is 318 g/mol. The van der Waals surface area contributed by atoms with E-state index in [1.54, 1.807) is 28.4 Å². The lowest BCUT2D eigenvalue weighted by molar-refractivity contribution is 0.0503. The average Bonchev–Trinajstić information content (AvgIpc) is 3.19. The van der Waals surface area contributed by atoms with Gasteiger partial charge in [0.15, 0.2) is 0 Å². The molecule has 116 valence electrons. The molecule has 2 aromatic heterocycles. The summed E-state index contributed by atoms with van der Waals surface area (Å²) in [7, 11) is 0. The van der Waals surface area contributed by atoms with Crippen LogP contribution in [0.15, 0.2) is 39.8 Å². The molecule has 1 fully saturated rings. The molecule has 6 heteroatoms. The van der Waals surface area contributed by atoms with Gasteiger partial charge < -0.3 is 14.6 Å². The summed E-state index contributed by atoms with van der Waals surface area (Å²) in [4.78, 5) is 28.5. The quantitative estimate of drug-likeness (QED) is 0.920. The highest BCUT2D eigenvalue weighted by atomic mass is 32.1. The molecular weight excluding hydrogens is 300 g/mol. The van der Waals surface area contributed by atoms with E-state index < -0.39 is 0 Å².